The molecule has 0 aromatic carbocycles. The fourth-order valence-electron chi connectivity index (χ4n) is 1.57. The van der Waals surface area contributed by atoms with Crippen molar-refractivity contribution in [3.63, 3.8) is 0 Å². The summed E-state index contributed by atoms with van der Waals surface area (Å²) in [5.74, 6) is 0. The first-order valence-electron chi connectivity index (χ1n) is 5.40. The molecule has 0 aromatic rings. The largest absolute Gasteiger partial charge is 0.389 e. The third kappa shape index (κ3) is 3.92. The second kappa shape index (κ2) is 6.35. The van der Waals surface area contributed by atoms with Crippen LogP contribution in [-0.2, 0) is 4.74 Å². The van der Waals surface area contributed by atoms with Crippen molar-refractivity contribution in [1.82, 2.24) is 4.90 Å². The lowest BCUT2D eigenvalue weighted by Crippen LogP contribution is -2.26. The van der Waals surface area contributed by atoms with E-state index in [1.807, 2.05) is 4.90 Å². The lowest BCUT2D eigenvalue weighted by Gasteiger charge is -2.14. The first kappa shape index (κ1) is 11.9. The van der Waals surface area contributed by atoms with Gasteiger partial charge >= 0.3 is 0 Å². The van der Waals surface area contributed by atoms with E-state index in [9.17, 15) is 10.2 Å². The van der Waals surface area contributed by atoms with E-state index in [-0.39, 0.29) is 0 Å². The molecule has 84 valence electrons. The fourth-order valence-corrected chi connectivity index (χ4v) is 1.57. The summed E-state index contributed by atoms with van der Waals surface area (Å²) >= 11 is 0. The monoisotopic (exact) mass is 203 g/mol. The second-order valence-corrected chi connectivity index (χ2v) is 3.86. The van der Waals surface area contributed by atoms with Crippen molar-refractivity contribution in [1.29, 1.82) is 0 Å². The number of aliphatic hydroxyl groups is 2. The number of aliphatic hydroxyl groups excluding tert-OH is 2. The molecule has 1 fully saturated rings. The second-order valence-electron chi connectivity index (χ2n) is 3.86. The average Bonchev–Trinajstić information content (AvgIpc) is 2.46. The van der Waals surface area contributed by atoms with Crippen molar-refractivity contribution in [3.05, 3.63) is 0 Å². The maximum Gasteiger partial charge on any atom is 0.0938 e. The first-order valence-corrected chi connectivity index (χ1v) is 5.40. The summed E-state index contributed by atoms with van der Waals surface area (Å²) in [4.78, 5) is 2.03. The molecule has 14 heavy (non-hydrogen) atoms. The molecular formula is C10H21NO3. The van der Waals surface area contributed by atoms with Crippen LogP contribution in [0.25, 0.3) is 0 Å². The zero-order valence-corrected chi connectivity index (χ0v) is 8.85. The molecule has 4 heteroatoms. The molecule has 0 radical (unpaired) electrons. The molecule has 0 saturated carbocycles. The van der Waals surface area contributed by atoms with E-state index in [0.717, 1.165) is 26.0 Å². The van der Waals surface area contributed by atoms with Crippen LogP contribution in [0.2, 0.25) is 0 Å². The Bertz CT molecular complexity index is 144. The van der Waals surface area contributed by atoms with Gasteiger partial charge in [0.1, 0.15) is 0 Å². The van der Waals surface area contributed by atoms with Gasteiger partial charge in [-0.2, -0.15) is 0 Å². The van der Waals surface area contributed by atoms with E-state index < -0.39 is 12.2 Å². The molecule has 4 nitrogen and oxygen atoms in total. The summed E-state index contributed by atoms with van der Waals surface area (Å²) in [5, 5.41) is 18.6. The van der Waals surface area contributed by atoms with Gasteiger partial charge in [-0.25, -0.2) is 0 Å². The Balaban J connectivity index is 1.97. The molecule has 0 aliphatic carbocycles. The van der Waals surface area contributed by atoms with Crippen LogP contribution in [0, 0.1) is 0 Å². The highest BCUT2D eigenvalue weighted by molar-refractivity contribution is 4.82. The van der Waals surface area contributed by atoms with Gasteiger partial charge in [0.15, 0.2) is 0 Å². The van der Waals surface area contributed by atoms with E-state index in [1.54, 1.807) is 0 Å². The number of likely N-dealkylation sites (tertiary alicyclic amines) is 1. The van der Waals surface area contributed by atoms with Gasteiger partial charge in [-0.05, 0) is 6.42 Å². The van der Waals surface area contributed by atoms with Gasteiger partial charge in [0, 0.05) is 26.2 Å². The lowest BCUT2D eigenvalue weighted by atomic mass is 10.3. The number of rotatable bonds is 6. The number of hydrogen-bond donors (Lipinski definition) is 2. The van der Waals surface area contributed by atoms with E-state index in [2.05, 4.69) is 6.92 Å². The van der Waals surface area contributed by atoms with E-state index in [1.165, 1.54) is 0 Å². The Morgan fingerprint density at radius 2 is 1.86 bits per heavy atom. The van der Waals surface area contributed by atoms with Gasteiger partial charge in [-0.15, -0.1) is 0 Å². The summed E-state index contributed by atoms with van der Waals surface area (Å²) in [6.07, 6.45) is 1.10. The van der Waals surface area contributed by atoms with Crippen molar-refractivity contribution in [2.45, 2.75) is 32.0 Å². The van der Waals surface area contributed by atoms with E-state index in [0.29, 0.717) is 19.7 Å². The molecule has 0 spiro atoms. The molecule has 1 heterocycles. The van der Waals surface area contributed by atoms with Gasteiger partial charge in [0.2, 0.25) is 0 Å². The highest BCUT2D eigenvalue weighted by Crippen LogP contribution is 2.08. The fraction of sp³-hybridized carbons (Fsp3) is 1.00. The molecule has 2 atom stereocenters. The maximum absolute atomic E-state index is 9.28. The van der Waals surface area contributed by atoms with Gasteiger partial charge in [-0.3, -0.25) is 4.90 Å². The zero-order valence-electron chi connectivity index (χ0n) is 8.85. The molecule has 0 unspecified atom stereocenters. The van der Waals surface area contributed by atoms with Crippen molar-refractivity contribution in [2.75, 3.05) is 32.8 Å². The SMILES string of the molecule is CCCCOCCN1C[C@@H](O)[C@@H](O)C1. The maximum atomic E-state index is 9.28. The van der Waals surface area contributed by atoms with Crippen molar-refractivity contribution < 1.29 is 14.9 Å². The molecule has 0 aromatic heterocycles. The topological polar surface area (TPSA) is 52.9 Å². The van der Waals surface area contributed by atoms with Gasteiger partial charge in [-0.1, -0.05) is 13.3 Å². The Morgan fingerprint density at radius 3 is 2.43 bits per heavy atom. The van der Waals surface area contributed by atoms with Gasteiger partial charge < -0.3 is 14.9 Å². The van der Waals surface area contributed by atoms with Crippen molar-refractivity contribution in [3.8, 4) is 0 Å². The van der Waals surface area contributed by atoms with Crippen LogP contribution in [0.1, 0.15) is 19.8 Å². The van der Waals surface area contributed by atoms with Crippen LogP contribution in [0.15, 0.2) is 0 Å². The predicted octanol–water partition coefficient (Wildman–Crippen LogP) is -0.160. The van der Waals surface area contributed by atoms with Crippen LogP contribution >= 0.6 is 0 Å². The average molecular weight is 203 g/mol. The zero-order chi connectivity index (χ0) is 10.4. The number of nitrogens with zero attached hydrogens (tertiary/aromatic N) is 1. The number of hydrogen-bond acceptors (Lipinski definition) is 4. The predicted molar refractivity (Wildman–Crippen MR) is 54.2 cm³/mol. The Hall–Kier alpha value is -0.160. The summed E-state index contributed by atoms with van der Waals surface area (Å²) in [7, 11) is 0. The number of β-amino-alcohol motifs (C(OH)–C–C–N with tert-alkyl or cyclic N) is 2. The molecule has 1 saturated heterocycles. The lowest BCUT2D eigenvalue weighted by molar-refractivity contribution is 0.0572. The minimum atomic E-state index is -0.578. The summed E-state index contributed by atoms with van der Waals surface area (Å²) in [6.45, 7) is 5.58. The highest BCUT2D eigenvalue weighted by atomic mass is 16.5. The third-order valence-corrected chi connectivity index (χ3v) is 2.53. The van der Waals surface area contributed by atoms with Crippen LogP contribution in [0.3, 0.4) is 0 Å². The minimum absolute atomic E-state index is 0.568. The minimum Gasteiger partial charge on any atom is -0.389 e. The highest BCUT2D eigenvalue weighted by Gasteiger charge is 2.28. The number of ether oxygens (including phenoxy) is 1. The third-order valence-electron chi connectivity index (χ3n) is 2.53. The number of unbranched alkanes of at least 4 members (excludes halogenated alkanes) is 1. The molecule has 1 aliphatic rings. The van der Waals surface area contributed by atoms with Crippen LogP contribution in [-0.4, -0.2) is 60.2 Å². The Morgan fingerprint density at radius 1 is 1.21 bits per heavy atom. The van der Waals surface area contributed by atoms with Crippen molar-refractivity contribution >= 4 is 0 Å². The molecular weight excluding hydrogens is 182 g/mol. The van der Waals surface area contributed by atoms with Gasteiger partial charge in [0.05, 0.1) is 18.8 Å². The van der Waals surface area contributed by atoms with Crippen molar-refractivity contribution in [2.24, 2.45) is 0 Å². The van der Waals surface area contributed by atoms with Crippen LogP contribution in [0.4, 0.5) is 0 Å². The Labute approximate surface area is 85.5 Å². The summed E-state index contributed by atoms with van der Waals surface area (Å²) in [6, 6.07) is 0. The normalized spacial score (nSPS) is 28.5. The molecule has 1 rings (SSSR count). The quantitative estimate of drug-likeness (QED) is 0.589. The standard InChI is InChI=1S/C10H21NO3/c1-2-3-5-14-6-4-11-7-9(12)10(13)8-11/h9-10,12-13H,2-8H2,1H3/t9-,10+. The van der Waals surface area contributed by atoms with Crippen LogP contribution < -0.4 is 0 Å². The van der Waals surface area contributed by atoms with Gasteiger partial charge in [0.25, 0.3) is 0 Å². The van der Waals surface area contributed by atoms with E-state index in [4.69, 9.17) is 4.74 Å². The molecule has 2 N–H and O–H groups in total. The Kier molecular flexibility index (Phi) is 5.40. The summed E-state index contributed by atoms with van der Waals surface area (Å²) < 4.78 is 5.40. The summed E-state index contributed by atoms with van der Waals surface area (Å²) in [5.41, 5.74) is 0. The smallest absolute Gasteiger partial charge is 0.0938 e. The molecule has 0 amide bonds. The first-order chi connectivity index (χ1) is 6.74. The molecule has 1 aliphatic heterocycles. The molecule has 0 bridgehead atoms. The van der Waals surface area contributed by atoms with E-state index >= 15 is 0 Å². The van der Waals surface area contributed by atoms with Crippen LogP contribution in [0.5, 0.6) is 0 Å².